The average Bonchev–Trinajstić information content (AvgIpc) is 2.26. The van der Waals surface area contributed by atoms with Gasteiger partial charge in [-0.25, -0.2) is 0 Å². The molecule has 12 heavy (non-hydrogen) atoms. The highest BCUT2D eigenvalue weighted by atomic mass is 16.5. The SMILES string of the molecule is CC(C)C=CC1OC(=O)CC1C. The maximum Gasteiger partial charge on any atom is 0.306 e. The molecule has 0 aliphatic carbocycles. The summed E-state index contributed by atoms with van der Waals surface area (Å²) in [6.07, 6.45) is 4.66. The van der Waals surface area contributed by atoms with Gasteiger partial charge >= 0.3 is 5.97 Å². The standard InChI is InChI=1S/C10H16O2/c1-7(2)4-5-9-8(3)6-10(11)12-9/h4-5,7-9H,6H2,1-3H3. The number of carbonyl (C=O) groups is 1. The predicted molar refractivity (Wildman–Crippen MR) is 47.6 cm³/mol. The van der Waals surface area contributed by atoms with E-state index in [0.29, 0.717) is 18.3 Å². The Morgan fingerprint density at radius 3 is 2.67 bits per heavy atom. The number of rotatable bonds is 2. The molecule has 0 spiro atoms. The summed E-state index contributed by atoms with van der Waals surface area (Å²) in [5.41, 5.74) is 0. The molecule has 0 saturated carbocycles. The number of hydrogen-bond donors (Lipinski definition) is 0. The number of hydrogen-bond acceptors (Lipinski definition) is 2. The Morgan fingerprint density at radius 1 is 1.58 bits per heavy atom. The van der Waals surface area contributed by atoms with E-state index in [1.54, 1.807) is 0 Å². The van der Waals surface area contributed by atoms with Crippen molar-refractivity contribution in [1.82, 2.24) is 0 Å². The van der Waals surface area contributed by atoms with Crippen LogP contribution in [-0.2, 0) is 9.53 Å². The molecule has 1 aliphatic rings. The van der Waals surface area contributed by atoms with Crippen LogP contribution in [0, 0.1) is 11.8 Å². The first-order valence-corrected chi connectivity index (χ1v) is 4.47. The van der Waals surface area contributed by atoms with Crippen LogP contribution in [0.3, 0.4) is 0 Å². The third-order valence-electron chi connectivity index (χ3n) is 2.00. The molecular weight excluding hydrogens is 152 g/mol. The molecule has 1 rings (SSSR count). The van der Waals surface area contributed by atoms with Crippen molar-refractivity contribution in [3.8, 4) is 0 Å². The zero-order valence-corrected chi connectivity index (χ0v) is 7.91. The number of esters is 1. The van der Waals surface area contributed by atoms with Crippen molar-refractivity contribution in [1.29, 1.82) is 0 Å². The lowest BCUT2D eigenvalue weighted by Crippen LogP contribution is -2.09. The quantitative estimate of drug-likeness (QED) is 0.466. The summed E-state index contributed by atoms with van der Waals surface area (Å²) < 4.78 is 5.10. The first kappa shape index (κ1) is 9.30. The van der Waals surface area contributed by atoms with Crippen molar-refractivity contribution >= 4 is 5.97 Å². The van der Waals surface area contributed by atoms with E-state index >= 15 is 0 Å². The summed E-state index contributed by atoms with van der Waals surface area (Å²) in [6.45, 7) is 6.26. The van der Waals surface area contributed by atoms with E-state index in [1.807, 2.05) is 13.0 Å². The van der Waals surface area contributed by atoms with Crippen molar-refractivity contribution in [3.05, 3.63) is 12.2 Å². The van der Waals surface area contributed by atoms with Crippen molar-refractivity contribution < 1.29 is 9.53 Å². The predicted octanol–water partition coefficient (Wildman–Crippen LogP) is 2.15. The van der Waals surface area contributed by atoms with Crippen molar-refractivity contribution in [2.45, 2.75) is 33.3 Å². The van der Waals surface area contributed by atoms with Gasteiger partial charge < -0.3 is 4.74 Å². The van der Waals surface area contributed by atoms with E-state index in [4.69, 9.17) is 4.74 Å². The second kappa shape index (κ2) is 3.74. The molecule has 2 nitrogen and oxygen atoms in total. The molecule has 0 radical (unpaired) electrons. The van der Waals surface area contributed by atoms with Gasteiger partial charge in [0.1, 0.15) is 6.10 Å². The minimum absolute atomic E-state index is 0.0138. The fourth-order valence-corrected chi connectivity index (χ4v) is 1.26. The molecule has 68 valence electrons. The van der Waals surface area contributed by atoms with Crippen LogP contribution in [0.4, 0.5) is 0 Å². The second-order valence-corrected chi connectivity index (χ2v) is 3.76. The summed E-state index contributed by atoms with van der Waals surface area (Å²) in [5.74, 6) is 0.796. The van der Waals surface area contributed by atoms with E-state index in [9.17, 15) is 4.79 Å². The van der Waals surface area contributed by atoms with E-state index in [-0.39, 0.29) is 12.1 Å². The lowest BCUT2D eigenvalue weighted by Gasteiger charge is -2.08. The van der Waals surface area contributed by atoms with Gasteiger partial charge in [-0.1, -0.05) is 26.8 Å². The highest BCUT2D eigenvalue weighted by Gasteiger charge is 2.28. The Labute approximate surface area is 73.6 Å². The number of allylic oxidation sites excluding steroid dienone is 1. The molecule has 2 atom stereocenters. The third kappa shape index (κ3) is 2.36. The molecule has 1 heterocycles. The molecule has 0 aromatic carbocycles. The molecule has 2 unspecified atom stereocenters. The molecule has 0 N–H and O–H groups in total. The van der Waals surface area contributed by atoms with Crippen LogP contribution < -0.4 is 0 Å². The van der Waals surface area contributed by atoms with E-state index in [1.165, 1.54) is 0 Å². The Balaban J connectivity index is 2.48. The van der Waals surface area contributed by atoms with Gasteiger partial charge in [0, 0.05) is 5.92 Å². The molecule has 0 amide bonds. The molecule has 1 fully saturated rings. The van der Waals surface area contributed by atoms with Gasteiger partial charge in [-0.2, -0.15) is 0 Å². The van der Waals surface area contributed by atoms with Gasteiger partial charge in [0.25, 0.3) is 0 Å². The highest BCUT2D eigenvalue weighted by Crippen LogP contribution is 2.22. The molecule has 1 saturated heterocycles. The summed E-state index contributed by atoms with van der Waals surface area (Å²) in [5, 5.41) is 0. The number of cyclic esters (lactones) is 1. The van der Waals surface area contributed by atoms with Crippen LogP contribution in [0.1, 0.15) is 27.2 Å². The number of carbonyl (C=O) groups excluding carboxylic acids is 1. The lowest BCUT2D eigenvalue weighted by molar-refractivity contribution is -0.140. The van der Waals surface area contributed by atoms with E-state index in [0.717, 1.165) is 0 Å². The zero-order chi connectivity index (χ0) is 9.14. The summed E-state index contributed by atoms with van der Waals surface area (Å²) >= 11 is 0. The smallest absolute Gasteiger partial charge is 0.306 e. The normalized spacial score (nSPS) is 30.2. The van der Waals surface area contributed by atoms with E-state index < -0.39 is 0 Å². The Hall–Kier alpha value is -0.790. The monoisotopic (exact) mass is 168 g/mol. The molecule has 1 aliphatic heterocycles. The molecule has 0 aromatic heterocycles. The van der Waals surface area contributed by atoms with Gasteiger partial charge in [-0.15, -0.1) is 0 Å². The topological polar surface area (TPSA) is 26.3 Å². The Bertz CT molecular complexity index is 194. The second-order valence-electron chi connectivity index (χ2n) is 3.76. The van der Waals surface area contributed by atoms with Crippen LogP contribution in [0.2, 0.25) is 0 Å². The summed E-state index contributed by atoms with van der Waals surface area (Å²) in [4.78, 5) is 10.9. The first-order chi connectivity index (χ1) is 5.59. The van der Waals surface area contributed by atoms with Gasteiger partial charge in [-0.05, 0) is 12.0 Å². The molecule has 0 bridgehead atoms. The van der Waals surface area contributed by atoms with Crippen LogP contribution in [0.5, 0.6) is 0 Å². The molecular formula is C10H16O2. The maximum absolute atomic E-state index is 10.9. The Morgan fingerprint density at radius 2 is 2.25 bits per heavy atom. The minimum atomic E-state index is -0.0686. The largest absolute Gasteiger partial charge is 0.458 e. The average molecular weight is 168 g/mol. The van der Waals surface area contributed by atoms with Crippen molar-refractivity contribution in [3.63, 3.8) is 0 Å². The van der Waals surface area contributed by atoms with Crippen molar-refractivity contribution in [2.75, 3.05) is 0 Å². The van der Waals surface area contributed by atoms with Crippen LogP contribution >= 0.6 is 0 Å². The lowest BCUT2D eigenvalue weighted by atomic mass is 10.0. The van der Waals surface area contributed by atoms with Crippen LogP contribution in [0.25, 0.3) is 0 Å². The maximum atomic E-state index is 10.9. The fourth-order valence-electron chi connectivity index (χ4n) is 1.26. The molecule has 0 aromatic rings. The van der Waals surface area contributed by atoms with Crippen molar-refractivity contribution in [2.24, 2.45) is 11.8 Å². The highest BCUT2D eigenvalue weighted by molar-refractivity contribution is 5.72. The molecule has 2 heteroatoms. The van der Waals surface area contributed by atoms with Gasteiger partial charge in [0.15, 0.2) is 0 Å². The van der Waals surface area contributed by atoms with Gasteiger partial charge in [-0.3, -0.25) is 4.79 Å². The van der Waals surface area contributed by atoms with Crippen LogP contribution in [0.15, 0.2) is 12.2 Å². The van der Waals surface area contributed by atoms with Crippen LogP contribution in [-0.4, -0.2) is 12.1 Å². The zero-order valence-electron chi connectivity index (χ0n) is 7.91. The third-order valence-corrected chi connectivity index (χ3v) is 2.00. The van der Waals surface area contributed by atoms with E-state index in [2.05, 4.69) is 19.9 Å². The Kier molecular flexibility index (Phi) is 2.90. The fraction of sp³-hybridized carbons (Fsp3) is 0.700. The minimum Gasteiger partial charge on any atom is -0.458 e. The number of ether oxygens (including phenoxy) is 1. The van der Waals surface area contributed by atoms with Gasteiger partial charge in [0.05, 0.1) is 6.42 Å². The first-order valence-electron chi connectivity index (χ1n) is 4.47. The summed E-state index contributed by atoms with van der Waals surface area (Å²) in [6, 6.07) is 0. The van der Waals surface area contributed by atoms with Gasteiger partial charge in [0.2, 0.25) is 0 Å². The summed E-state index contributed by atoms with van der Waals surface area (Å²) in [7, 11) is 0.